The van der Waals surface area contributed by atoms with Gasteiger partial charge in [-0.2, -0.15) is 0 Å². The molecular weight excluding hydrogens is 434 g/mol. The van der Waals surface area contributed by atoms with E-state index in [0.29, 0.717) is 5.56 Å². The summed E-state index contributed by atoms with van der Waals surface area (Å²) in [5.41, 5.74) is 5.81. The Labute approximate surface area is 189 Å². The van der Waals surface area contributed by atoms with Gasteiger partial charge >= 0.3 is 11.9 Å². The molecule has 0 saturated heterocycles. The Hall–Kier alpha value is -4.28. The quantitative estimate of drug-likeness (QED) is 0.236. The van der Waals surface area contributed by atoms with Crippen LogP contribution in [-0.2, 0) is 19.1 Å². The molecule has 0 saturated carbocycles. The first-order valence-corrected chi connectivity index (χ1v) is 9.91. The highest BCUT2D eigenvalue weighted by Gasteiger charge is 2.32. The molecule has 0 heterocycles. The second-order valence-corrected chi connectivity index (χ2v) is 6.94. The summed E-state index contributed by atoms with van der Waals surface area (Å²) in [5, 5.41) is 13.5. The molecule has 174 valence electrons. The average molecular weight is 457 g/mol. The molecule has 2 rings (SSSR count). The van der Waals surface area contributed by atoms with Crippen molar-refractivity contribution >= 4 is 29.4 Å². The molecule has 2 aromatic rings. The third-order valence-corrected chi connectivity index (χ3v) is 4.58. The fourth-order valence-electron chi connectivity index (χ4n) is 3.13. The maximum atomic E-state index is 12.8. The molecule has 11 heteroatoms. The van der Waals surface area contributed by atoms with E-state index in [1.54, 1.807) is 6.92 Å². The van der Waals surface area contributed by atoms with Crippen molar-refractivity contribution in [2.45, 2.75) is 32.2 Å². The van der Waals surface area contributed by atoms with E-state index in [9.17, 15) is 29.3 Å². The van der Waals surface area contributed by atoms with Gasteiger partial charge in [-0.1, -0.05) is 18.2 Å². The number of amides is 2. The number of nitro groups is 1. The molecule has 3 N–H and O–H groups in total. The summed E-state index contributed by atoms with van der Waals surface area (Å²) in [4.78, 5) is 58.8. The Balaban J connectivity index is 2.37. The highest BCUT2D eigenvalue weighted by Crippen LogP contribution is 2.27. The van der Waals surface area contributed by atoms with Crippen LogP contribution < -0.4 is 15.8 Å². The van der Waals surface area contributed by atoms with Crippen LogP contribution in [0.25, 0.3) is 0 Å². The van der Waals surface area contributed by atoms with Crippen LogP contribution in [0.1, 0.15) is 42.1 Å². The molecule has 0 bridgehead atoms. The van der Waals surface area contributed by atoms with E-state index in [4.69, 9.17) is 15.2 Å². The van der Waals surface area contributed by atoms with Crippen LogP contribution in [0.15, 0.2) is 48.5 Å². The molecule has 11 nitrogen and oxygen atoms in total. The first kappa shape index (κ1) is 25.0. The van der Waals surface area contributed by atoms with Crippen molar-refractivity contribution < 1.29 is 33.6 Å². The molecule has 2 amide bonds. The van der Waals surface area contributed by atoms with Gasteiger partial charge in [-0.05, 0) is 30.7 Å². The lowest BCUT2D eigenvalue weighted by molar-refractivity contribution is -0.384. The number of rotatable bonds is 10. The van der Waals surface area contributed by atoms with Gasteiger partial charge in [0.15, 0.2) is 0 Å². The number of carbonyl (C=O) groups excluding carboxylic acids is 4. The van der Waals surface area contributed by atoms with Crippen LogP contribution in [0.5, 0.6) is 5.75 Å². The monoisotopic (exact) mass is 457 g/mol. The van der Waals surface area contributed by atoms with Crippen LogP contribution >= 0.6 is 0 Å². The molecule has 0 aliphatic heterocycles. The van der Waals surface area contributed by atoms with Crippen molar-refractivity contribution in [2.75, 3.05) is 6.61 Å². The number of primary amides is 1. The van der Waals surface area contributed by atoms with E-state index in [1.165, 1.54) is 55.5 Å². The summed E-state index contributed by atoms with van der Waals surface area (Å²) >= 11 is 0. The minimum absolute atomic E-state index is 0.0820. The third kappa shape index (κ3) is 7.13. The van der Waals surface area contributed by atoms with Gasteiger partial charge in [-0.15, -0.1) is 0 Å². The van der Waals surface area contributed by atoms with Crippen LogP contribution in [0.3, 0.4) is 0 Å². The molecule has 0 fully saturated rings. The lowest BCUT2D eigenvalue weighted by Crippen LogP contribution is -2.48. The Kier molecular flexibility index (Phi) is 8.61. The van der Waals surface area contributed by atoms with E-state index in [-0.39, 0.29) is 30.0 Å². The summed E-state index contributed by atoms with van der Waals surface area (Å²) in [7, 11) is 0. The molecule has 0 aromatic heterocycles. The number of benzene rings is 2. The maximum absolute atomic E-state index is 12.8. The maximum Gasteiger partial charge on any atom is 0.308 e. The summed E-state index contributed by atoms with van der Waals surface area (Å²) < 4.78 is 9.93. The molecule has 2 atom stereocenters. The van der Waals surface area contributed by atoms with E-state index in [1.807, 2.05) is 0 Å². The van der Waals surface area contributed by atoms with Gasteiger partial charge in [0.05, 0.1) is 18.0 Å². The number of hydrogen-bond acceptors (Lipinski definition) is 8. The number of nitrogens with one attached hydrogen (secondary N) is 1. The zero-order valence-corrected chi connectivity index (χ0v) is 18.0. The Bertz CT molecular complexity index is 1050. The molecule has 0 aliphatic carbocycles. The van der Waals surface area contributed by atoms with E-state index < -0.39 is 40.6 Å². The highest BCUT2D eigenvalue weighted by atomic mass is 16.6. The number of esters is 2. The fourth-order valence-corrected chi connectivity index (χ4v) is 3.13. The number of nitro benzene ring substituents is 1. The number of nitrogens with two attached hydrogens (primary N) is 1. The first-order chi connectivity index (χ1) is 15.6. The zero-order valence-electron chi connectivity index (χ0n) is 18.0. The standard InChI is InChI=1S/C22H23N3O8/c1-3-32-19(27)12-18(14-7-9-16(10-8-14)25(30)31)20(21(23)28)24-22(29)15-5-4-6-17(11-15)33-13(2)26/h4-11,18,20H,3,12H2,1-2H3,(H2,23,28)(H,24,29)/t18-,20+/m1/s1. The number of ether oxygens (including phenoxy) is 2. The number of carbonyl (C=O) groups is 4. The molecule has 0 radical (unpaired) electrons. The number of hydrogen-bond donors (Lipinski definition) is 2. The third-order valence-electron chi connectivity index (χ3n) is 4.58. The minimum atomic E-state index is -1.35. The van der Waals surface area contributed by atoms with Crippen molar-refractivity contribution in [3.05, 3.63) is 69.8 Å². The van der Waals surface area contributed by atoms with Gasteiger partial charge in [0, 0.05) is 30.5 Å². The number of non-ortho nitro benzene ring substituents is 1. The Morgan fingerprint density at radius 1 is 1.12 bits per heavy atom. The van der Waals surface area contributed by atoms with Gasteiger partial charge in [-0.3, -0.25) is 29.3 Å². The van der Waals surface area contributed by atoms with Gasteiger partial charge in [0.2, 0.25) is 5.91 Å². The summed E-state index contributed by atoms with van der Waals surface area (Å²) in [6, 6.07) is 9.56. The Morgan fingerprint density at radius 3 is 2.33 bits per heavy atom. The minimum Gasteiger partial charge on any atom is -0.466 e. The second kappa shape index (κ2) is 11.4. The Morgan fingerprint density at radius 2 is 1.79 bits per heavy atom. The van der Waals surface area contributed by atoms with Crippen LogP contribution in [0, 0.1) is 10.1 Å². The summed E-state index contributed by atoms with van der Waals surface area (Å²) in [5.74, 6) is -3.67. The molecule has 33 heavy (non-hydrogen) atoms. The highest BCUT2D eigenvalue weighted by molar-refractivity contribution is 5.98. The van der Waals surface area contributed by atoms with Gasteiger partial charge < -0.3 is 20.5 Å². The lowest BCUT2D eigenvalue weighted by Gasteiger charge is -2.25. The van der Waals surface area contributed by atoms with Crippen molar-refractivity contribution in [3.63, 3.8) is 0 Å². The fraction of sp³-hybridized carbons (Fsp3) is 0.273. The van der Waals surface area contributed by atoms with Crippen molar-refractivity contribution in [3.8, 4) is 5.75 Å². The van der Waals surface area contributed by atoms with Gasteiger partial charge in [-0.25, -0.2) is 0 Å². The first-order valence-electron chi connectivity index (χ1n) is 9.91. The van der Waals surface area contributed by atoms with E-state index in [2.05, 4.69) is 5.32 Å². The molecule has 0 unspecified atom stereocenters. The van der Waals surface area contributed by atoms with Crippen LogP contribution in [-0.4, -0.2) is 41.3 Å². The van der Waals surface area contributed by atoms with E-state index >= 15 is 0 Å². The van der Waals surface area contributed by atoms with Crippen molar-refractivity contribution in [1.29, 1.82) is 0 Å². The van der Waals surface area contributed by atoms with Gasteiger partial charge in [0.25, 0.3) is 11.6 Å². The van der Waals surface area contributed by atoms with Crippen LogP contribution in [0.2, 0.25) is 0 Å². The smallest absolute Gasteiger partial charge is 0.308 e. The molecule has 2 aromatic carbocycles. The lowest BCUT2D eigenvalue weighted by atomic mass is 9.87. The molecule has 0 spiro atoms. The zero-order chi connectivity index (χ0) is 24.5. The van der Waals surface area contributed by atoms with Gasteiger partial charge in [0.1, 0.15) is 11.8 Å². The molecule has 0 aliphatic rings. The normalized spacial score (nSPS) is 12.2. The predicted octanol–water partition coefficient (Wildman–Crippen LogP) is 1.84. The largest absolute Gasteiger partial charge is 0.466 e. The predicted molar refractivity (Wildman–Crippen MR) is 115 cm³/mol. The summed E-state index contributed by atoms with van der Waals surface area (Å²) in [6.07, 6.45) is -0.312. The topological polar surface area (TPSA) is 168 Å². The SMILES string of the molecule is CCOC(=O)C[C@H](c1ccc([N+](=O)[O-])cc1)[C@H](NC(=O)c1cccc(OC(C)=O)c1)C(N)=O. The van der Waals surface area contributed by atoms with Crippen LogP contribution in [0.4, 0.5) is 5.69 Å². The number of nitrogens with zero attached hydrogens (tertiary/aromatic N) is 1. The second-order valence-electron chi connectivity index (χ2n) is 6.94. The molecular formula is C22H23N3O8. The summed E-state index contributed by atoms with van der Waals surface area (Å²) in [6.45, 7) is 2.92. The van der Waals surface area contributed by atoms with Crippen molar-refractivity contribution in [2.24, 2.45) is 5.73 Å². The van der Waals surface area contributed by atoms with Crippen molar-refractivity contribution in [1.82, 2.24) is 5.32 Å². The van der Waals surface area contributed by atoms with E-state index in [0.717, 1.165) is 0 Å². The average Bonchev–Trinajstić information content (AvgIpc) is 2.75.